The molecular formula is C17H12Br2F5NO3S. The maximum Gasteiger partial charge on any atom is 0.534 e. The number of halogens is 7. The zero-order chi connectivity index (χ0) is 21.9. The molecule has 0 saturated carbocycles. The van der Waals surface area contributed by atoms with E-state index < -0.39 is 30.5 Å². The van der Waals surface area contributed by atoms with Crippen LogP contribution in [-0.2, 0) is 10.1 Å². The lowest BCUT2D eigenvalue weighted by molar-refractivity contribution is -0.0500. The van der Waals surface area contributed by atoms with Crippen LogP contribution >= 0.6 is 31.9 Å². The van der Waals surface area contributed by atoms with Gasteiger partial charge in [0.25, 0.3) is 0 Å². The van der Waals surface area contributed by atoms with Crippen molar-refractivity contribution in [3.63, 3.8) is 0 Å². The van der Waals surface area contributed by atoms with Crippen molar-refractivity contribution in [2.24, 2.45) is 4.99 Å². The smallest absolute Gasteiger partial charge is 0.376 e. The standard InChI is InChI=1S/C10H7Br2F2N.C7H5F3O3S/c11-10(12)4-5-15-9(10)8-6(13)2-1-3-7(8)14;8-7(9,10)14(11,12)13-6-4-2-1-3-5-6/h1-3H,4-5H2;1-5H. The van der Waals surface area contributed by atoms with E-state index in [1.54, 1.807) is 0 Å². The van der Waals surface area contributed by atoms with Gasteiger partial charge in [-0.3, -0.25) is 4.99 Å². The Kier molecular flexibility index (Phi) is 7.44. The molecule has 0 saturated heterocycles. The van der Waals surface area contributed by atoms with Crippen LogP contribution in [0.3, 0.4) is 0 Å². The van der Waals surface area contributed by atoms with Crippen LogP contribution in [0.15, 0.2) is 53.5 Å². The van der Waals surface area contributed by atoms with E-state index in [9.17, 15) is 30.4 Å². The SMILES string of the molecule is Fc1cccc(F)c1C1=NCCC1(Br)Br.O=S(=O)(Oc1ccccc1)C(F)(F)F. The van der Waals surface area contributed by atoms with E-state index in [0.29, 0.717) is 18.7 Å². The summed E-state index contributed by atoms with van der Waals surface area (Å²) in [6, 6.07) is 10.3. The second kappa shape index (κ2) is 9.09. The van der Waals surface area contributed by atoms with Crippen molar-refractivity contribution in [2.75, 3.05) is 6.54 Å². The highest BCUT2D eigenvalue weighted by Gasteiger charge is 2.48. The lowest BCUT2D eigenvalue weighted by Crippen LogP contribution is -2.27. The molecule has 1 aliphatic rings. The average molecular weight is 565 g/mol. The molecule has 0 spiro atoms. The van der Waals surface area contributed by atoms with Crippen LogP contribution in [0, 0.1) is 11.6 Å². The van der Waals surface area contributed by atoms with Crippen molar-refractivity contribution in [3.05, 3.63) is 65.7 Å². The second-order valence-electron chi connectivity index (χ2n) is 5.58. The molecule has 0 bridgehead atoms. The van der Waals surface area contributed by atoms with Crippen LogP contribution in [0.1, 0.15) is 12.0 Å². The molecule has 0 N–H and O–H groups in total. The molecule has 0 aliphatic carbocycles. The van der Waals surface area contributed by atoms with Crippen LogP contribution in [0.2, 0.25) is 0 Å². The minimum absolute atomic E-state index is 0.0521. The number of nitrogens with zero attached hydrogens (tertiary/aromatic N) is 1. The maximum absolute atomic E-state index is 13.5. The van der Waals surface area contributed by atoms with Gasteiger partial charge < -0.3 is 4.18 Å². The van der Waals surface area contributed by atoms with Gasteiger partial charge in [-0.05, 0) is 30.7 Å². The average Bonchev–Trinajstić information content (AvgIpc) is 2.94. The highest BCUT2D eigenvalue weighted by atomic mass is 79.9. The Hall–Kier alpha value is -1.53. The van der Waals surface area contributed by atoms with Crippen LogP contribution in [-0.4, -0.2) is 29.4 Å². The molecule has 0 unspecified atom stereocenters. The summed E-state index contributed by atoms with van der Waals surface area (Å²) in [5, 5.41) is 0. The Bertz CT molecular complexity index is 976. The third-order valence-corrected chi connectivity index (χ3v) is 6.00. The zero-order valence-electron chi connectivity index (χ0n) is 14.3. The number of hydrogen-bond acceptors (Lipinski definition) is 4. The number of alkyl halides is 5. The fourth-order valence-corrected chi connectivity index (χ4v) is 3.64. The summed E-state index contributed by atoms with van der Waals surface area (Å²) in [6.45, 7) is 0.555. The third-order valence-electron chi connectivity index (χ3n) is 3.47. The summed E-state index contributed by atoms with van der Waals surface area (Å²) < 4.78 is 86.5. The zero-order valence-corrected chi connectivity index (χ0v) is 18.2. The topological polar surface area (TPSA) is 55.7 Å². The summed E-state index contributed by atoms with van der Waals surface area (Å²) in [6.07, 6.45) is 0.677. The van der Waals surface area contributed by atoms with E-state index in [4.69, 9.17) is 0 Å². The van der Waals surface area contributed by atoms with Gasteiger partial charge in [-0.25, -0.2) is 8.78 Å². The second-order valence-corrected chi connectivity index (χ2v) is 10.9. The van der Waals surface area contributed by atoms with Crippen LogP contribution < -0.4 is 4.18 Å². The summed E-state index contributed by atoms with van der Waals surface area (Å²) in [4.78, 5) is 4.12. The summed E-state index contributed by atoms with van der Waals surface area (Å²) in [5.74, 6) is -1.54. The van der Waals surface area contributed by atoms with Crippen LogP contribution in [0.4, 0.5) is 22.0 Å². The first kappa shape index (κ1) is 23.7. The van der Waals surface area contributed by atoms with Crippen LogP contribution in [0.5, 0.6) is 5.75 Å². The van der Waals surface area contributed by atoms with Crippen molar-refractivity contribution in [1.29, 1.82) is 0 Å². The Balaban J connectivity index is 0.000000208. The maximum atomic E-state index is 13.5. The predicted octanol–water partition coefficient (Wildman–Crippen LogP) is 5.56. The minimum Gasteiger partial charge on any atom is -0.376 e. The van der Waals surface area contributed by atoms with E-state index in [-0.39, 0.29) is 11.3 Å². The van der Waals surface area contributed by atoms with Gasteiger partial charge in [0, 0.05) is 6.54 Å². The van der Waals surface area contributed by atoms with Gasteiger partial charge >= 0.3 is 15.6 Å². The lowest BCUT2D eigenvalue weighted by atomic mass is 10.1. The predicted molar refractivity (Wildman–Crippen MR) is 105 cm³/mol. The van der Waals surface area contributed by atoms with Crippen molar-refractivity contribution in [3.8, 4) is 5.75 Å². The highest BCUT2D eigenvalue weighted by Crippen LogP contribution is 2.39. The quantitative estimate of drug-likeness (QED) is 0.212. The fourth-order valence-electron chi connectivity index (χ4n) is 2.18. The van der Waals surface area contributed by atoms with Crippen molar-refractivity contribution in [1.82, 2.24) is 0 Å². The summed E-state index contributed by atoms with van der Waals surface area (Å²) in [7, 11) is -5.55. The molecule has 158 valence electrons. The van der Waals surface area contributed by atoms with Gasteiger partial charge in [0.1, 0.15) is 20.6 Å². The molecule has 4 nitrogen and oxygen atoms in total. The largest absolute Gasteiger partial charge is 0.534 e. The van der Waals surface area contributed by atoms with Gasteiger partial charge in [0.2, 0.25) is 0 Å². The Labute approximate surface area is 180 Å². The van der Waals surface area contributed by atoms with Gasteiger partial charge in [-0.2, -0.15) is 21.6 Å². The van der Waals surface area contributed by atoms with Crippen LogP contribution in [0.25, 0.3) is 0 Å². The molecule has 1 aliphatic heterocycles. The van der Waals surface area contributed by atoms with Gasteiger partial charge in [-0.1, -0.05) is 56.1 Å². The van der Waals surface area contributed by atoms with E-state index in [2.05, 4.69) is 41.0 Å². The molecule has 29 heavy (non-hydrogen) atoms. The first-order valence-corrected chi connectivity index (χ1v) is 10.8. The molecule has 1 heterocycles. The number of rotatable bonds is 3. The Morgan fingerprint density at radius 2 is 1.52 bits per heavy atom. The molecule has 0 amide bonds. The minimum atomic E-state index is -5.55. The third kappa shape index (κ3) is 5.98. The molecule has 0 aromatic heterocycles. The number of hydrogen-bond donors (Lipinski definition) is 0. The first-order chi connectivity index (χ1) is 13.3. The molecule has 2 aromatic rings. The van der Waals surface area contributed by atoms with Gasteiger partial charge in [0.15, 0.2) is 0 Å². The Morgan fingerprint density at radius 1 is 0.966 bits per heavy atom. The monoisotopic (exact) mass is 563 g/mol. The molecular weight excluding hydrogens is 553 g/mol. The highest BCUT2D eigenvalue weighted by molar-refractivity contribution is 9.26. The van der Waals surface area contributed by atoms with E-state index in [1.807, 2.05) is 0 Å². The molecule has 0 radical (unpaired) electrons. The number of para-hydroxylation sites is 1. The van der Waals surface area contributed by atoms with E-state index >= 15 is 0 Å². The van der Waals surface area contributed by atoms with Crippen molar-refractivity contribution in [2.45, 2.75) is 15.2 Å². The number of aliphatic imine (C=N–C) groups is 1. The summed E-state index contributed by atoms with van der Waals surface area (Å²) >= 11 is 6.73. The summed E-state index contributed by atoms with van der Waals surface area (Å²) in [5.41, 5.74) is -5.06. The molecule has 12 heteroatoms. The Morgan fingerprint density at radius 3 is 1.97 bits per heavy atom. The normalized spacial score (nSPS) is 15.9. The van der Waals surface area contributed by atoms with E-state index in [1.165, 1.54) is 36.4 Å². The van der Waals surface area contributed by atoms with Gasteiger partial charge in [0.05, 0.1) is 11.3 Å². The molecule has 2 aromatic carbocycles. The van der Waals surface area contributed by atoms with E-state index in [0.717, 1.165) is 12.1 Å². The lowest BCUT2D eigenvalue weighted by Gasteiger charge is -2.16. The number of benzene rings is 2. The van der Waals surface area contributed by atoms with Crippen molar-refractivity contribution >= 4 is 47.7 Å². The molecule has 0 atom stereocenters. The van der Waals surface area contributed by atoms with Crippen molar-refractivity contribution < 1.29 is 34.6 Å². The molecule has 3 rings (SSSR count). The van der Waals surface area contributed by atoms with Gasteiger partial charge in [-0.15, -0.1) is 0 Å². The molecule has 0 fully saturated rings. The fraction of sp³-hybridized carbons (Fsp3) is 0.235. The first-order valence-electron chi connectivity index (χ1n) is 7.78.